The number of halogens is 3. The Bertz CT molecular complexity index is 584. The Hall–Kier alpha value is -1.42. The predicted octanol–water partition coefficient (Wildman–Crippen LogP) is 4.77. The van der Waals surface area contributed by atoms with Gasteiger partial charge in [-0.25, -0.2) is 8.78 Å². The second-order valence-electron chi connectivity index (χ2n) is 5.03. The third-order valence-electron chi connectivity index (χ3n) is 3.41. The lowest BCUT2D eigenvalue weighted by Crippen LogP contribution is -2.10. The number of alkyl halides is 1. The third kappa shape index (κ3) is 4.53. The number of benzene rings is 2. The molecule has 0 aromatic heterocycles. The molecule has 0 spiro atoms. The summed E-state index contributed by atoms with van der Waals surface area (Å²) in [5.74, 6) is -0.437. The maximum atomic E-state index is 13.2. The first-order valence-corrected chi connectivity index (χ1v) is 7.87. The van der Waals surface area contributed by atoms with E-state index in [4.69, 9.17) is 4.74 Å². The summed E-state index contributed by atoms with van der Waals surface area (Å²) in [7, 11) is 1.64. The van der Waals surface area contributed by atoms with Crippen molar-refractivity contribution in [3.8, 4) is 5.75 Å². The van der Waals surface area contributed by atoms with Crippen molar-refractivity contribution >= 4 is 15.9 Å². The maximum absolute atomic E-state index is 13.2. The van der Waals surface area contributed by atoms with Gasteiger partial charge < -0.3 is 4.74 Å². The Morgan fingerprint density at radius 1 is 0.952 bits per heavy atom. The van der Waals surface area contributed by atoms with E-state index in [0.717, 1.165) is 23.1 Å². The minimum absolute atomic E-state index is 0.322. The van der Waals surface area contributed by atoms with E-state index in [-0.39, 0.29) is 0 Å². The van der Waals surface area contributed by atoms with Gasteiger partial charge in [0, 0.05) is 5.33 Å². The van der Waals surface area contributed by atoms with Crippen molar-refractivity contribution in [2.45, 2.75) is 12.8 Å². The van der Waals surface area contributed by atoms with Crippen LogP contribution in [0.2, 0.25) is 0 Å². The fraction of sp³-hybridized carbons (Fsp3) is 0.294. The highest BCUT2D eigenvalue weighted by Gasteiger charge is 2.11. The Morgan fingerprint density at radius 3 is 2.14 bits per heavy atom. The SMILES string of the molecule is COc1ccc(CC(CBr)Cc2ccc(F)c(F)c2)cc1. The summed E-state index contributed by atoms with van der Waals surface area (Å²) in [6, 6.07) is 12.0. The van der Waals surface area contributed by atoms with Crippen molar-refractivity contribution in [2.24, 2.45) is 5.92 Å². The molecule has 0 bridgehead atoms. The largest absolute Gasteiger partial charge is 0.497 e. The summed E-state index contributed by atoms with van der Waals surface area (Å²) in [6.07, 6.45) is 1.57. The van der Waals surface area contributed by atoms with E-state index in [1.165, 1.54) is 17.7 Å². The molecule has 0 saturated heterocycles. The van der Waals surface area contributed by atoms with Crippen LogP contribution in [0.15, 0.2) is 42.5 Å². The Labute approximate surface area is 132 Å². The van der Waals surface area contributed by atoms with Crippen LogP contribution in [0.5, 0.6) is 5.75 Å². The van der Waals surface area contributed by atoms with Crippen molar-refractivity contribution in [2.75, 3.05) is 12.4 Å². The molecule has 0 fully saturated rings. The number of hydrogen-bond acceptors (Lipinski definition) is 1. The zero-order chi connectivity index (χ0) is 15.2. The quantitative estimate of drug-likeness (QED) is 0.679. The summed E-state index contributed by atoms with van der Waals surface area (Å²) in [5.41, 5.74) is 2.01. The lowest BCUT2D eigenvalue weighted by molar-refractivity contribution is 0.414. The van der Waals surface area contributed by atoms with Crippen molar-refractivity contribution in [3.63, 3.8) is 0 Å². The minimum atomic E-state index is -0.802. The highest BCUT2D eigenvalue weighted by atomic mass is 79.9. The monoisotopic (exact) mass is 354 g/mol. The molecule has 2 rings (SSSR count). The Balaban J connectivity index is 2.03. The number of methoxy groups -OCH3 is 1. The van der Waals surface area contributed by atoms with Gasteiger partial charge in [0.2, 0.25) is 0 Å². The van der Waals surface area contributed by atoms with Crippen molar-refractivity contribution in [1.29, 1.82) is 0 Å². The zero-order valence-electron chi connectivity index (χ0n) is 11.8. The van der Waals surface area contributed by atoms with E-state index in [9.17, 15) is 8.78 Å². The van der Waals surface area contributed by atoms with Crippen LogP contribution in [-0.4, -0.2) is 12.4 Å². The molecule has 0 N–H and O–H groups in total. The second-order valence-corrected chi connectivity index (χ2v) is 5.67. The van der Waals surface area contributed by atoms with Crippen LogP contribution in [0.1, 0.15) is 11.1 Å². The fourth-order valence-corrected chi connectivity index (χ4v) is 2.73. The Kier molecular flexibility index (Phi) is 5.74. The molecule has 0 saturated carbocycles. The van der Waals surface area contributed by atoms with Crippen LogP contribution in [0.25, 0.3) is 0 Å². The van der Waals surface area contributed by atoms with Gasteiger partial charge in [-0.05, 0) is 54.2 Å². The van der Waals surface area contributed by atoms with Gasteiger partial charge in [-0.1, -0.05) is 34.1 Å². The van der Waals surface area contributed by atoms with E-state index in [1.54, 1.807) is 13.2 Å². The average molecular weight is 355 g/mol. The van der Waals surface area contributed by atoms with E-state index in [2.05, 4.69) is 15.9 Å². The summed E-state index contributed by atoms with van der Waals surface area (Å²) in [6.45, 7) is 0. The molecular formula is C17H17BrF2O. The minimum Gasteiger partial charge on any atom is -0.497 e. The number of rotatable bonds is 6. The highest BCUT2D eigenvalue weighted by molar-refractivity contribution is 9.09. The van der Waals surface area contributed by atoms with Gasteiger partial charge >= 0.3 is 0 Å². The van der Waals surface area contributed by atoms with Crippen molar-refractivity contribution in [3.05, 3.63) is 65.2 Å². The third-order valence-corrected chi connectivity index (χ3v) is 4.33. The smallest absolute Gasteiger partial charge is 0.159 e. The molecule has 2 aromatic rings. The molecule has 1 unspecified atom stereocenters. The van der Waals surface area contributed by atoms with Gasteiger partial charge in [0.25, 0.3) is 0 Å². The molecule has 112 valence electrons. The molecule has 0 amide bonds. The first kappa shape index (κ1) is 16.0. The predicted molar refractivity (Wildman–Crippen MR) is 84.0 cm³/mol. The molecule has 0 heterocycles. The molecule has 0 radical (unpaired) electrons. The maximum Gasteiger partial charge on any atom is 0.159 e. The van der Waals surface area contributed by atoms with Gasteiger partial charge in [0.15, 0.2) is 11.6 Å². The standard InChI is InChI=1S/C17H17BrF2O/c1-21-15-5-2-12(3-6-15)8-14(11-18)9-13-4-7-16(19)17(20)10-13/h2-7,10,14H,8-9,11H2,1H3. The first-order valence-electron chi connectivity index (χ1n) is 6.75. The zero-order valence-corrected chi connectivity index (χ0v) is 13.4. The van der Waals surface area contributed by atoms with Crippen LogP contribution >= 0.6 is 15.9 Å². The topological polar surface area (TPSA) is 9.23 Å². The fourth-order valence-electron chi connectivity index (χ4n) is 2.28. The normalized spacial score (nSPS) is 12.2. The summed E-state index contributed by atoms with van der Waals surface area (Å²) in [5, 5.41) is 0.804. The van der Waals surface area contributed by atoms with Gasteiger partial charge in [-0.2, -0.15) is 0 Å². The number of ether oxygens (including phenoxy) is 1. The number of hydrogen-bond donors (Lipinski definition) is 0. The molecule has 0 aliphatic heterocycles. The summed E-state index contributed by atoms with van der Waals surface area (Å²) < 4.78 is 31.3. The first-order chi connectivity index (χ1) is 10.1. The molecule has 0 aliphatic rings. The van der Waals surface area contributed by atoms with Crippen LogP contribution in [0, 0.1) is 17.6 Å². The molecule has 1 atom stereocenters. The van der Waals surface area contributed by atoms with Crippen LogP contribution in [0.3, 0.4) is 0 Å². The lowest BCUT2D eigenvalue weighted by atomic mass is 9.94. The van der Waals surface area contributed by atoms with Gasteiger partial charge in [0.1, 0.15) is 5.75 Å². The molecule has 2 aromatic carbocycles. The molecule has 21 heavy (non-hydrogen) atoms. The molecule has 0 aliphatic carbocycles. The van der Waals surface area contributed by atoms with E-state index in [0.29, 0.717) is 12.3 Å². The second kappa shape index (κ2) is 7.55. The summed E-state index contributed by atoms with van der Waals surface area (Å²) in [4.78, 5) is 0. The van der Waals surface area contributed by atoms with Crippen LogP contribution < -0.4 is 4.74 Å². The van der Waals surface area contributed by atoms with E-state index >= 15 is 0 Å². The Morgan fingerprint density at radius 2 is 1.57 bits per heavy atom. The van der Waals surface area contributed by atoms with Crippen LogP contribution in [-0.2, 0) is 12.8 Å². The van der Waals surface area contributed by atoms with Gasteiger partial charge in [-0.15, -0.1) is 0 Å². The molecular weight excluding hydrogens is 338 g/mol. The van der Waals surface area contributed by atoms with Gasteiger partial charge in [-0.3, -0.25) is 0 Å². The van der Waals surface area contributed by atoms with Gasteiger partial charge in [0.05, 0.1) is 7.11 Å². The molecule has 1 nitrogen and oxygen atoms in total. The van der Waals surface area contributed by atoms with Crippen LogP contribution in [0.4, 0.5) is 8.78 Å². The average Bonchev–Trinajstić information content (AvgIpc) is 2.51. The van der Waals surface area contributed by atoms with E-state index in [1.807, 2.05) is 24.3 Å². The van der Waals surface area contributed by atoms with Crippen molar-refractivity contribution in [1.82, 2.24) is 0 Å². The van der Waals surface area contributed by atoms with Crippen molar-refractivity contribution < 1.29 is 13.5 Å². The highest BCUT2D eigenvalue weighted by Crippen LogP contribution is 2.20. The summed E-state index contributed by atoms with van der Waals surface area (Å²) >= 11 is 3.50. The molecule has 4 heteroatoms. The lowest BCUT2D eigenvalue weighted by Gasteiger charge is -2.15. The van der Waals surface area contributed by atoms with E-state index < -0.39 is 11.6 Å².